The van der Waals surface area contributed by atoms with Crippen LogP contribution in [0.15, 0.2) is 54.6 Å². The van der Waals surface area contributed by atoms with E-state index in [0.29, 0.717) is 0 Å². The fourth-order valence-corrected chi connectivity index (χ4v) is 2.80. The maximum Gasteiger partial charge on any atom is 0.127 e. The van der Waals surface area contributed by atoms with E-state index in [4.69, 9.17) is 4.74 Å². The molecule has 0 saturated carbocycles. The molecule has 0 aliphatic carbocycles. The third kappa shape index (κ3) is 3.64. The van der Waals surface area contributed by atoms with E-state index in [1.807, 2.05) is 54.6 Å². The highest BCUT2D eigenvalue weighted by molar-refractivity contribution is 5.35. The first-order valence-electron chi connectivity index (χ1n) is 7.70. The van der Waals surface area contributed by atoms with Crippen molar-refractivity contribution in [3.63, 3.8) is 0 Å². The van der Waals surface area contributed by atoms with Crippen LogP contribution in [0.5, 0.6) is 11.5 Å². The Morgan fingerprint density at radius 2 is 1.73 bits per heavy atom. The Balaban J connectivity index is 1.77. The second kappa shape index (κ2) is 7.38. The van der Waals surface area contributed by atoms with Crippen molar-refractivity contribution in [1.82, 2.24) is 10.2 Å². The number of rotatable bonds is 5. The van der Waals surface area contributed by atoms with Crippen LogP contribution in [0.4, 0.5) is 4.39 Å². The molecule has 2 aromatic rings. The van der Waals surface area contributed by atoms with Crippen molar-refractivity contribution in [2.45, 2.75) is 6.04 Å². The zero-order valence-electron chi connectivity index (χ0n) is 12.5. The summed E-state index contributed by atoms with van der Waals surface area (Å²) in [5.74, 6) is 1.54. The summed E-state index contributed by atoms with van der Waals surface area (Å²) >= 11 is 0. The molecule has 0 bridgehead atoms. The number of hydrogen-bond donors (Lipinski definition) is 1. The molecule has 1 atom stereocenters. The van der Waals surface area contributed by atoms with E-state index in [1.54, 1.807) is 0 Å². The summed E-state index contributed by atoms with van der Waals surface area (Å²) in [5, 5.41) is 3.30. The fourth-order valence-electron chi connectivity index (χ4n) is 2.80. The van der Waals surface area contributed by atoms with Gasteiger partial charge in [0.05, 0.1) is 6.04 Å². The van der Waals surface area contributed by atoms with Crippen LogP contribution < -0.4 is 10.1 Å². The molecular weight excluding hydrogens is 279 g/mol. The van der Waals surface area contributed by atoms with Gasteiger partial charge in [0, 0.05) is 26.2 Å². The topological polar surface area (TPSA) is 24.5 Å². The van der Waals surface area contributed by atoms with Crippen LogP contribution in [0.2, 0.25) is 0 Å². The van der Waals surface area contributed by atoms with Gasteiger partial charge in [-0.1, -0.05) is 30.3 Å². The molecule has 1 aliphatic rings. The molecule has 22 heavy (non-hydrogen) atoms. The molecular formula is C18H21FN2O. The van der Waals surface area contributed by atoms with E-state index < -0.39 is 0 Å². The lowest BCUT2D eigenvalue weighted by Gasteiger charge is -2.33. The molecule has 0 aromatic heterocycles. The van der Waals surface area contributed by atoms with E-state index in [2.05, 4.69) is 10.2 Å². The molecule has 116 valence electrons. The summed E-state index contributed by atoms with van der Waals surface area (Å²) < 4.78 is 19.4. The Bertz CT molecular complexity index is 585. The maximum atomic E-state index is 13.6. The van der Waals surface area contributed by atoms with Crippen LogP contribution in [0.3, 0.4) is 0 Å². The van der Waals surface area contributed by atoms with E-state index in [1.165, 1.54) is 0 Å². The predicted molar refractivity (Wildman–Crippen MR) is 86.1 cm³/mol. The molecule has 3 rings (SSSR count). The van der Waals surface area contributed by atoms with Crippen molar-refractivity contribution in [3.05, 3.63) is 60.2 Å². The third-order valence-corrected chi connectivity index (χ3v) is 3.96. The number of ether oxygens (including phenoxy) is 1. The van der Waals surface area contributed by atoms with E-state index >= 15 is 0 Å². The van der Waals surface area contributed by atoms with Gasteiger partial charge in [-0.3, -0.25) is 4.90 Å². The van der Waals surface area contributed by atoms with Gasteiger partial charge in [-0.05, 0) is 29.8 Å². The normalized spacial score (nSPS) is 17.1. The van der Waals surface area contributed by atoms with Gasteiger partial charge >= 0.3 is 0 Å². The molecule has 2 aromatic carbocycles. The van der Waals surface area contributed by atoms with Crippen molar-refractivity contribution >= 4 is 0 Å². The van der Waals surface area contributed by atoms with Crippen LogP contribution in [0, 0.1) is 0 Å². The molecule has 0 unspecified atom stereocenters. The van der Waals surface area contributed by atoms with Crippen molar-refractivity contribution in [2.75, 3.05) is 32.9 Å². The first-order chi connectivity index (χ1) is 10.9. The van der Waals surface area contributed by atoms with Crippen molar-refractivity contribution in [1.29, 1.82) is 0 Å². The van der Waals surface area contributed by atoms with Gasteiger partial charge in [0.1, 0.15) is 18.2 Å². The van der Waals surface area contributed by atoms with Gasteiger partial charge < -0.3 is 10.1 Å². The standard InChI is InChI=1S/C18H21FN2O/c19-14-18(21-11-9-20-10-12-21)15-5-4-8-17(13-15)22-16-6-2-1-3-7-16/h1-8,13,18,20H,9-12,14H2/t18-/m0/s1. The summed E-state index contributed by atoms with van der Waals surface area (Å²) in [6.07, 6.45) is 0. The summed E-state index contributed by atoms with van der Waals surface area (Å²) in [7, 11) is 0. The Kier molecular flexibility index (Phi) is 5.03. The smallest absolute Gasteiger partial charge is 0.127 e. The highest BCUT2D eigenvalue weighted by Gasteiger charge is 2.22. The number of para-hydroxylation sites is 1. The molecule has 1 heterocycles. The SMILES string of the molecule is FC[C@@H](c1cccc(Oc2ccccc2)c1)N1CCNCC1. The molecule has 0 radical (unpaired) electrons. The monoisotopic (exact) mass is 300 g/mol. The first-order valence-corrected chi connectivity index (χ1v) is 7.70. The number of halogens is 1. The number of nitrogens with zero attached hydrogens (tertiary/aromatic N) is 1. The average molecular weight is 300 g/mol. The largest absolute Gasteiger partial charge is 0.457 e. The van der Waals surface area contributed by atoms with Crippen LogP contribution in [-0.2, 0) is 0 Å². The maximum absolute atomic E-state index is 13.6. The number of alkyl halides is 1. The average Bonchev–Trinajstić information content (AvgIpc) is 2.58. The van der Waals surface area contributed by atoms with Gasteiger partial charge in [0.2, 0.25) is 0 Å². The summed E-state index contributed by atoms with van der Waals surface area (Å²) in [6.45, 7) is 3.19. The number of hydrogen-bond acceptors (Lipinski definition) is 3. The Morgan fingerprint density at radius 1 is 1.00 bits per heavy atom. The second-order valence-corrected chi connectivity index (χ2v) is 5.44. The summed E-state index contributed by atoms with van der Waals surface area (Å²) in [5.41, 5.74) is 0.970. The molecule has 0 amide bonds. The first kappa shape index (κ1) is 15.0. The quantitative estimate of drug-likeness (QED) is 0.916. The van der Waals surface area contributed by atoms with Crippen LogP contribution >= 0.6 is 0 Å². The zero-order valence-corrected chi connectivity index (χ0v) is 12.5. The molecule has 0 spiro atoms. The molecule has 1 N–H and O–H groups in total. The van der Waals surface area contributed by atoms with Crippen molar-refractivity contribution in [2.24, 2.45) is 0 Å². The number of nitrogens with one attached hydrogen (secondary N) is 1. The molecule has 1 saturated heterocycles. The predicted octanol–water partition coefficient (Wildman–Crippen LogP) is 3.39. The zero-order chi connectivity index (χ0) is 15.2. The van der Waals surface area contributed by atoms with Crippen LogP contribution in [0.1, 0.15) is 11.6 Å². The Hall–Kier alpha value is -1.91. The van der Waals surface area contributed by atoms with Crippen molar-refractivity contribution in [3.8, 4) is 11.5 Å². The number of piperazine rings is 1. The minimum Gasteiger partial charge on any atom is -0.457 e. The lowest BCUT2D eigenvalue weighted by Crippen LogP contribution is -2.45. The van der Waals surface area contributed by atoms with Gasteiger partial charge in [-0.25, -0.2) is 4.39 Å². The van der Waals surface area contributed by atoms with E-state index in [-0.39, 0.29) is 12.7 Å². The molecule has 1 aliphatic heterocycles. The minimum absolute atomic E-state index is 0.193. The van der Waals surface area contributed by atoms with Gasteiger partial charge in [0.25, 0.3) is 0 Å². The van der Waals surface area contributed by atoms with Crippen molar-refractivity contribution < 1.29 is 9.13 Å². The Morgan fingerprint density at radius 3 is 2.45 bits per heavy atom. The lowest BCUT2D eigenvalue weighted by molar-refractivity contribution is 0.147. The second-order valence-electron chi connectivity index (χ2n) is 5.44. The lowest BCUT2D eigenvalue weighted by atomic mass is 10.1. The van der Waals surface area contributed by atoms with Crippen LogP contribution in [0.25, 0.3) is 0 Å². The van der Waals surface area contributed by atoms with E-state index in [0.717, 1.165) is 43.2 Å². The summed E-state index contributed by atoms with van der Waals surface area (Å²) in [4.78, 5) is 2.19. The minimum atomic E-state index is -0.380. The van der Waals surface area contributed by atoms with Gasteiger partial charge in [-0.2, -0.15) is 0 Å². The molecule has 1 fully saturated rings. The van der Waals surface area contributed by atoms with Gasteiger partial charge in [0.15, 0.2) is 0 Å². The molecule has 4 heteroatoms. The Labute approximate surface area is 130 Å². The molecule has 3 nitrogen and oxygen atoms in total. The van der Waals surface area contributed by atoms with E-state index in [9.17, 15) is 4.39 Å². The highest BCUT2D eigenvalue weighted by Crippen LogP contribution is 2.27. The number of benzene rings is 2. The fraction of sp³-hybridized carbons (Fsp3) is 0.333. The van der Waals surface area contributed by atoms with Crippen LogP contribution in [-0.4, -0.2) is 37.8 Å². The van der Waals surface area contributed by atoms with Gasteiger partial charge in [-0.15, -0.1) is 0 Å². The highest BCUT2D eigenvalue weighted by atomic mass is 19.1. The third-order valence-electron chi connectivity index (χ3n) is 3.96. The summed E-state index contributed by atoms with van der Waals surface area (Å²) in [6, 6.07) is 17.2.